The van der Waals surface area contributed by atoms with Gasteiger partial charge >= 0.3 is 0 Å². The molecule has 0 bridgehead atoms. The van der Waals surface area contributed by atoms with Crippen LogP contribution in [0.2, 0.25) is 0 Å². The lowest BCUT2D eigenvalue weighted by Gasteiger charge is -2.29. The van der Waals surface area contributed by atoms with Crippen molar-refractivity contribution in [2.45, 2.75) is 26.3 Å². The summed E-state index contributed by atoms with van der Waals surface area (Å²) in [7, 11) is 0. The first-order chi connectivity index (χ1) is 8.31. The molecule has 2 rings (SSSR count). The molecule has 94 valence electrons. The highest BCUT2D eigenvalue weighted by Crippen LogP contribution is 2.23. The Balaban J connectivity index is 1.86. The third-order valence-electron chi connectivity index (χ3n) is 3.28. The van der Waals surface area contributed by atoms with Crippen LogP contribution in [0.1, 0.15) is 24.5 Å². The summed E-state index contributed by atoms with van der Waals surface area (Å²) in [5.74, 6) is 0. The van der Waals surface area contributed by atoms with E-state index in [0.29, 0.717) is 0 Å². The lowest BCUT2D eigenvalue weighted by atomic mass is 9.98. The molecular formula is C14H22N2O. The Morgan fingerprint density at radius 1 is 1.35 bits per heavy atom. The molecule has 0 amide bonds. The first-order valence-electron chi connectivity index (χ1n) is 6.47. The molecule has 1 aliphatic heterocycles. The number of rotatable bonds is 5. The second kappa shape index (κ2) is 6.03. The second-order valence-corrected chi connectivity index (χ2v) is 4.62. The second-order valence-electron chi connectivity index (χ2n) is 4.62. The van der Waals surface area contributed by atoms with Crippen LogP contribution in [0, 0.1) is 0 Å². The van der Waals surface area contributed by atoms with Gasteiger partial charge in [-0.2, -0.15) is 0 Å². The van der Waals surface area contributed by atoms with Crippen LogP contribution in [0.4, 0.5) is 5.69 Å². The van der Waals surface area contributed by atoms with Crippen LogP contribution in [0.25, 0.3) is 0 Å². The molecule has 0 saturated heterocycles. The van der Waals surface area contributed by atoms with Crippen molar-refractivity contribution < 1.29 is 4.74 Å². The van der Waals surface area contributed by atoms with E-state index < -0.39 is 0 Å². The summed E-state index contributed by atoms with van der Waals surface area (Å²) in [6.45, 7) is 6.98. The molecule has 1 aliphatic rings. The molecule has 0 atom stereocenters. The standard InChI is InChI=1S/C14H22N2O/c1-2-9-17-10-8-16-7-6-13-12(11-16)4-3-5-14(13)15/h3-5H,2,6-11,15H2,1H3. The molecule has 0 fully saturated rings. The number of nitrogens with zero attached hydrogens (tertiary/aromatic N) is 1. The Kier molecular flexibility index (Phi) is 4.40. The zero-order valence-corrected chi connectivity index (χ0v) is 10.6. The SMILES string of the molecule is CCCOCCN1CCc2c(N)cccc2C1. The number of anilines is 1. The monoisotopic (exact) mass is 234 g/mol. The molecular weight excluding hydrogens is 212 g/mol. The quantitative estimate of drug-likeness (QED) is 0.626. The maximum absolute atomic E-state index is 5.98. The molecule has 1 heterocycles. The van der Waals surface area contributed by atoms with Gasteiger partial charge in [0.25, 0.3) is 0 Å². The smallest absolute Gasteiger partial charge is 0.0593 e. The van der Waals surface area contributed by atoms with E-state index in [1.807, 2.05) is 12.1 Å². The summed E-state index contributed by atoms with van der Waals surface area (Å²) in [5, 5.41) is 0. The third-order valence-corrected chi connectivity index (χ3v) is 3.28. The van der Waals surface area contributed by atoms with Crippen molar-refractivity contribution in [1.29, 1.82) is 0 Å². The summed E-state index contributed by atoms with van der Waals surface area (Å²) in [6, 6.07) is 6.23. The highest BCUT2D eigenvalue weighted by Gasteiger charge is 2.17. The van der Waals surface area contributed by atoms with Gasteiger partial charge in [-0.1, -0.05) is 19.1 Å². The normalized spacial score (nSPS) is 15.8. The summed E-state index contributed by atoms with van der Waals surface area (Å²) < 4.78 is 5.53. The number of ether oxygens (including phenoxy) is 1. The number of fused-ring (bicyclic) bond motifs is 1. The van der Waals surface area contributed by atoms with Crippen molar-refractivity contribution in [2.24, 2.45) is 0 Å². The van der Waals surface area contributed by atoms with Gasteiger partial charge in [0, 0.05) is 31.9 Å². The van der Waals surface area contributed by atoms with Gasteiger partial charge in [0.15, 0.2) is 0 Å². The molecule has 0 aromatic heterocycles. The number of benzene rings is 1. The molecule has 3 heteroatoms. The molecule has 3 nitrogen and oxygen atoms in total. The first kappa shape index (κ1) is 12.4. The van der Waals surface area contributed by atoms with E-state index in [1.165, 1.54) is 11.1 Å². The van der Waals surface area contributed by atoms with E-state index in [1.54, 1.807) is 0 Å². The third kappa shape index (κ3) is 3.20. The predicted octanol–water partition coefficient (Wildman–Crippen LogP) is 2.05. The van der Waals surface area contributed by atoms with E-state index in [-0.39, 0.29) is 0 Å². The molecule has 0 unspecified atom stereocenters. The molecule has 0 saturated carbocycles. The summed E-state index contributed by atoms with van der Waals surface area (Å²) in [6.07, 6.45) is 2.16. The molecule has 0 aliphatic carbocycles. The van der Waals surface area contributed by atoms with Crippen LogP contribution in [-0.4, -0.2) is 31.2 Å². The van der Waals surface area contributed by atoms with Gasteiger partial charge in [0.2, 0.25) is 0 Å². The Labute approximate surface area is 104 Å². The summed E-state index contributed by atoms with van der Waals surface area (Å²) >= 11 is 0. The minimum Gasteiger partial charge on any atom is -0.398 e. The largest absolute Gasteiger partial charge is 0.398 e. The van der Waals surface area contributed by atoms with Crippen molar-refractivity contribution in [3.8, 4) is 0 Å². The Morgan fingerprint density at radius 2 is 2.24 bits per heavy atom. The molecule has 1 aromatic rings. The van der Waals surface area contributed by atoms with Crippen LogP contribution in [0.5, 0.6) is 0 Å². The van der Waals surface area contributed by atoms with Crippen LogP contribution in [-0.2, 0) is 17.7 Å². The van der Waals surface area contributed by atoms with Crippen molar-refractivity contribution >= 4 is 5.69 Å². The van der Waals surface area contributed by atoms with Gasteiger partial charge < -0.3 is 10.5 Å². The van der Waals surface area contributed by atoms with Gasteiger partial charge in [0.05, 0.1) is 6.61 Å². The number of hydrogen-bond donors (Lipinski definition) is 1. The fraction of sp³-hybridized carbons (Fsp3) is 0.571. The molecule has 1 aromatic carbocycles. The highest BCUT2D eigenvalue weighted by molar-refractivity contribution is 5.51. The van der Waals surface area contributed by atoms with Crippen LogP contribution in [0.3, 0.4) is 0 Å². The molecule has 0 spiro atoms. The lowest BCUT2D eigenvalue weighted by molar-refractivity contribution is 0.0996. The van der Waals surface area contributed by atoms with Gasteiger partial charge in [-0.15, -0.1) is 0 Å². The topological polar surface area (TPSA) is 38.5 Å². The zero-order chi connectivity index (χ0) is 12.1. The van der Waals surface area contributed by atoms with Crippen molar-refractivity contribution in [1.82, 2.24) is 4.90 Å². The van der Waals surface area contributed by atoms with E-state index in [4.69, 9.17) is 10.5 Å². The van der Waals surface area contributed by atoms with E-state index in [2.05, 4.69) is 17.9 Å². The Bertz CT molecular complexity index is 365. The minimum atomic E-state index is 0.839. The van der Waals surface area contributed by atoms with E-state index in [0.717, 1.165) is 51.4 Å². The average Bonchev–Trinajstić information content (AvgIpc) is 2.35. The predicted molar refractivity (Wildman–Crippen MR) is 70.9 cm³/mol. The van der Waals surface area contributed by atoms with Gasteiger partial charge in [-0.3, -0.25) is 4.90 Å². The molecule has 2 N–H and O–H groups in total. The highest BCUT2D eigenvalue weighted by atomic mass is 16.5. The summed E-state index contributed by atoms with van der Waals surface area (Å²) in [5.41, 5.74) is 9.66. The van der Waals surface area contributed by atoms with Crippen LogP contribution < -0.4 is 5.73 Å². The number of hydrogen-bond acceptors (Lipinski definition) is 3. The Morgan fingerprint density at radius 3 is 3.06 bits per heavy atom. The lowest BCUT2D eigenvalue weighted by Crippen LogP contribution is -2.33. The van der Waals surface area contributed by atoms with Crippen molar-refractivity contribution in [2.75, 3.05) is 32.0 Å². The fourth-order valence-electron chi connectivity index (χ4n) is 2.33. The van der Waals surface area contributed by atoms with Gasteiger partial charge in [-0.05, 0) is 30.0 Å². The maximum Gasteiger partial charge on any atom is 0.0593 e. The molecule has 17 heavy (non-hydrogen) atoms. The maximum atomic E-state index is 5.98. The zero-order valence-electron chi connectivity index (χ0n) is 10.6. The van der Waals surface area contributed by atoms with Crippen molar-refractivity contribution in [3.63, 3.8) is 0 Å². The Hall–Kier alpha value is -1.06. The van der Waals surface area contributed by atoms with Crippen LogP contribution >= 0.6 is 0 Å². The van der Waals surface area contributed by atoms with Gasteiger partial charge in [-0.25, -0.2) is 0 Å². The van der Waals surface area contributed by atoms with Crippen molar-refractivity contribution in [3.05, 3.63) is 29.3 Å². The number of nitrogen functional groups attached to an aromatic ring is 1. The first-order valence-corrected chi connectivity index (χ1v) is 6.47. The average molecular weight is 234 g/mol. The number of nitrogens with two attached hydrogens (primary N) is 1. The summed E-state index contributed by atoms with van der Waals surface area (Å²) in [4.78, 5) is 2.44. The van der Waals surface area contributed by atoms with Gasteiger partial charge in [0.1, 0.15) is 0 Å². The van der Waals surface area contributed by atoms with E-state index >= 15 is 0 Å². The molecule has 0 radical (unpaired) electrons. The van der Waals surface area contributed by atoms with Crippen LogP contribution in [0.15, 0.2) is 18.2 Å². The van der Waals surface area contributed by atoms with E-state index in [9.17, 15) is 0 Å². The fourth-order valence-corrected chi connectivity index (χ4v) is 2.33. The minimum absolute atomic E-state index is 0.839.